The molecular formula is C22H20N4O3. The number of hydrogen-bond acceptors (Lipinski definition) is 5. The van der Waals surface area contributed by atoms with E-state index in [1.54, 1.807) is 13.1 Å². The molecule has 29 heavy (non-hydrogen) atoms. The Morgan fingerprint density at radius 2 is 1.93 bits per heavy atom. The van der Waals surface area contributed by atoms with Gasteiger partial charge in [0.2, 0.25) is 5.60 Å². The van der Waals surface area contributed by atoms with Crippen molar-refractivity contribution in [3.05, 3.63) is 66.4 Å². The Kier molecular flexibility index (Phi) is 3.82. The number of carbonyl (C=O) groups excluding carboxylic acids is 1. The summed E-state index contributed by atoms with van der Waals surface area (Å²) in [5, 5.41) is 14.9. The predicted molar refractivity (Wildman–Crippen MR) is 107 cm³/mol. The molecule has 5 rings (SSSR count). The molecule has 0 unspecified atom stereocenters. The molecular weight excluding hydrogens is 368 g/mol. The van der Waals surface area contributed by atoms with Crippen molar-refractivity contribution in [3.63, 3.8) is 0 Å². The highest BCUT2D eigenvalue weighted by Crippen LogP contribution is 2.35. The zero-order valence-electron chi connectivity index (χ0n) is 16.2. The van der Waals surface area contributed by atoms with Crippen molar-refractivity contribution in [2.75, 3.05) is 13.6 Å². The molecule has 1 saturated heterocycles. The lowest BCUT2D eigenvalue weighted by molar-refractivity contribution is -0.144. The van der Waals surface area contributed by atoms with Crippen LogP contribution in [-0.2, 0) is 10.4 Å². The van der Waals surface area contributed by atoms with Crippen LogP contribution in [0.25, 0.3) is 27.9 Å². The molecule has 0 saturated carbocycles. The van der Waals surface area contributed by atoms with Gasteiger partial charge in [0.25, 0.3) is 5.91 Å². The summed E-state index contributed by atoms with van der Waals surface area (Å²) in [6, 6.07) is 13.7. The van der Waals surface area contributed by atoms with Crippen LogP contribution in [-0.4, -0.2) is 44.0 Å². The number of hydrogen-bond donors (Lipinski definition) is 1. The average molecular weight is 388 g/mol. The highest BCUT2D eigenvalue weighted by Gasteiger charge is 2.48. The van der Waals surface area contributed by atoms with E-state index in [2.05, 4.69) is 16.2 Å². The molecule has 0 radical (unpaired) electrons. The Labute approximate surface area is 167 Å². The SMILES string of the molecule is Cc1ncc2cc(-c3cccc(-c4cc([C@]5(O)CCN(C)C5=O)on4)c3)ccn12. The maximum Gasteiger partial charge on any atom is 0.262 e. The monoisotopic (exact) mass is 388 g/mol. The second-order valence-corrected chi connectivity index (χ2v) is 7.51. The quantitative estimate of drug-likeness (QED) is 0.583. The van der Waals surface area contributed by atoms with E-state index < -0.39 is 5.60 Å². The number of amides is 1. The van der Waals surface area contributed by atoms with Crippen LogP contribution in [0.3, 0.4) is 0 Å². The number of imidazole rings is 1. The molecule has 0 bridgehead atoms. The fourth-order valence-electron chi connectivity index (χ4n) is 3.86. The van der Waals surface area contributed by atoms with Gasteiger partial charge in [-0.3, -0.25) is 4.79 Å². The fourth-order valence-corrected chi connectivity index (χ4v) is 3.86. The van der Waals surface area contributed by atoms with E-state index in [9.17, 15) is 9.90 Å². The van der Waals surface area contributed by atoms with Gasteiger partial charge in [-0.05, 0) is 36.2 Å². The standard InChI is InChI=1S/C22H20N4O3/c1-14-23-13-18-11-16(6-8-26(14)18)15-4-3-5-17(10-15)19-12-20(29-24-19)22(28)7-9-25(2)21(22)27/h3-6,8,10-13,28H,7,9H2,1-2H3/t22-/m1/s1. The van der Waals surface area contributed by atoms with Crippen molar-refractivity contribution in [1.29, 1.82) is 0 Å². The molecule has 0 spiro atoms. The van der Waals surface area contributed by atoms with Crippen LogP contribution >= 0.6 is 0 Å². The van der Waals surface area contributed by atoms with Crippen molar-refractivity contribution in [2.24, 2.45) is 0 Å². The van der Waals surface area contributed by atoms with Gasteiger partial charge in [-0.2, -0.15) is 0 Å². The van der Waals surface area contributed by atoms with Gasteiger partial charge < -0.3 is 18.9 Å². The molecule has 1 aliphatic heterocycles. The number of rotatable bonds is 3. The number of aryl methyl sites for hydroxylation is 1. The molecule has 1 aromatic carbocycles. The number of fused-ring (bicyclic) bond motifs is 1. The fraction of sp³-hybridized carbons (Fsp3) is 0.227. The molecule has 146 valence electrons. The molecule has 3 aromatic heterocycles. The first-order valence-corrected chi connectivity index (χ1v) is 9.45. The van der Waals surface area contributed by atoms with Crippen molar-refractivity contribution in [2.45, 2.75) is 18.9 Å². The molecule has 7 heteroatoms. The van der Waals surface area contributed by atoms with Crippen LogP contribution in [0.5, 0.6) is 0 Å². The minimum absolute atomic E-state index is 0.184. The van der Waals surface area contributed by atoms with E-state index in [0.717, 1.165) is 28.0 Å². The Balaban J connectivity index is 1.50. The van der Waals surface area contributed by atoms with E-state index in [-0.39, 0.29) is 11.7 Å². The Morgan fingerprint density at radius 1 is 1.14 bits per heavy atom. The van der Waals surface area contributed by atoms with Crippen molar-refractivity contribution in [3.8, 4) is 22.4 Å². The number of carbonyl (C=O) groups is 1. The van der Waals surface area contributed by atoms with Crippen LogP contribution < -0.4 is 0 Å². The summed E-state index contributed by atoms with van der Waals surface area (Å²) in [6.07, 6.45) is 4.15. The first-order valence-electron chi connectivity index (χ1n) is 9.45. The van der Waals surface area contributed by atoms with E-state index in [1.165, 1.54) is 4.90 Å². The molecule has 1 aliphatic rings. The molecule has 1 N–H and O–H groups in total. The molecule has 4 aromatic rings. The maximum absolute atomic E-state index is 12.3. The van der Waals surface area contributed by atoms with E-state index >= 15 is 0 Å². The summed E-state index contributed by atoms with van der Waals surface area (Å²) in [4.78, 5) is 18.1. The Hall–Kier alpha value is -3.45. The maximum atomic E-state index is 12.3. The molecule has 0 aliphatic carbocycles. The Bertz CT molecular complexity index is 1240. The lowest BCUT2D eigenvalue weighted by Crippen LogP contribution is -2.35. The normalized spacial score (nSPS) is 19.4. The van der Waals surface area contributed by atoms with Gasteiger partial charge in [-0.1, -0.05) is 23.4 Å². The topological polar surface area (TPSA) is 83.9 Å². The van der Waals surface area contributed by atoms with E-state index in [4.69, 9.17) is 4.52 Å². The number of likely N-dealkylation sites (N-methyl/N-ethyl adjacent to an activating group) is 1. The van der Waals surface area contributed by atoms with Gasteiger partial charge in [0.05, 0.1) is 11.7 Å². The van der Waals surface area contributed by atoms with Crippen LogP contribution in [0.15, 0.2) is 59.4 Å². The summed E-state index contributed by atoms with van der Waals surface area (Å²) in [7, 11) is 1.67. The van der Waals surface area contributed by atoms with Gasteiger partial charge in [0.1, 0.15) is 11.5 Å². The zero-order chi connectivity index (χ0) is 20.2. The molecule has 7 nitrogen and oxygen atoms in total. The van der Waals surface area contributed by atoms with Gasteiger partial charge in [0, 0.05) is 37.8 Å². The molecule has 4 heterocycles. The number of nitrogens with zero attached hydrogens (tertiary/aromatic N) is 4. The first-order chi connectivity index (χ1) is 14.0. The summed E-state index contributed by atoms with van der Waals surface area (Å²) in [5.41, 5.74) is 2.92. The van der Waals surface area contributed by atoms with Crippen LogP contribution in [0.2, 0.25) is 0 Å². The highest BCUT2D eigenvalue weighted by molar-refractivity contribution is 5.88. The minimum atomic E-state index is -1.64. The molecule has 1 atom stereocenters. The van der Waals surface area contributed by atoms with Gasteiger partial charge >= 0.3 is 0 Å². The van der Waals surface area contributed by atoms with Crippen LogP contribution in [0, 0.1) is 6.92 Å². The van der Waals surface area contributed by atoms with Crippen LogP contribution in [0.1, 0.15) is 18.0 Å². The van der Waals surface area contributed by atoms with Crippen molar-refractivity contribution >= 4 is 11.4 Å². The van der Waals surface area contributed by atoms with Gasteiger partial charge in [0.15, 0.2) is 5.76 Å². The number of aliphatic hydroxyl groups is 1. The second-order valence-electron chi connectivity index (χ2n) is 7.51. The first kappa shape index (κ1) is 17.6. The van der Waals surface area contributed by atoms with Gasteiger partial charge in [-0.25, -0.2) is 4.98 Å². The number of benzene rings is 1. The third-order valence-corrected chi connectivity index (χ3v) is 5.64. The van der Waals surface area contributed by atoms with Gasteiger partial charge in [-0.15, -0.1) is 0 Å². The third kappa shape index (κ3) is 2.74. The number of aromatic nitrogens is 3. The number of pyridine rings is 1. The molecule has 1 amide bonds. The average Bonchev–Trinajstić information content (AvgIpc) is 3.44. The third-order valence-electron chi connectivity index (χ3n) is 5.64. The number of likely N-dealkylation sites (tertiary alicyclic amines) is 1. The highest BCUT2D eigenvalue weighted by atomic mass is 16.5. The summed E-state index contributed by atoms with van der Waals surface area (Å²) in [6.45, 7) is 2.45. The van der Waals surface area contributed by atoms with Crippen molar-refractivity contribution in [1.82, 2.24) is 19.4 Å². The predicted octanol–water partition coefficient (Wildman–Crippen LogP) is 3.01. The zero-order valence-corrected chi connectivity index (χ0v) is 16.2. The summed E-state index contributed by atoms with van der Waals surface area (Å²) >= 11 is 0. The lowest BCUT2D eigenvalue weighted by Gasteiger charge is -2.16. The summed E-state index contributed by atoms with van der Waals surface area (Å²) in [5.74, 6) is 0.766. The van der Waals surface area contributed by atoms with Crippen LogP contribution in [0.4, 0.5) is 0 Å². The Morgan fingerprint density at radius 3 is 2.72 bits per heavy atom. The molecule has 1 fully saturated rings. The minimum Gasteiger partial charge on any atom is -0.373 e. The van der Waals surface area contributed by atoms with Crippen molar-refractivity contribution < 1.29 is 14.4 Å². The smallest absolute Gasteiger partial charge is 0.262 e. The largest absolute Gasteiger partial charge is 0.373 e. The van der Waals surface area contributed by atoms with E-state index in [1.807, 2.05) is 54.0 Å². The summed E-state index contributed by atoms with van der Waals surface area (Å²) < 4.78 is 7.41. The lowest BCUT2D eigenvalue weighted by atomic mass is 9.97. The second kappa shape index (κ2) is 6.28. The van der Waals surface area contributed by atoms with E-state index in [0.29, 0.717) is 18.7 Å².